The summed E-state index contributed by atoms with van der Waals surface area (Å²) in [4.78, 5) is 0. The van der Waals surface area contributed by atoms with Crippen molar-refractivity contribution in [2.75, 3.05) is 0 Å². The molecule has 0 aliphatic carbocycles. The van der Waals surface area contributed by atoms with Gasteiger partial charge in [0.1, 0.15) is 0 Å². The number of hydrogen-bond donors (Lipinski definition) is 0. The summed E-state index contributed by atoms with van der Waals surface area (Å²) in [5.41, 5.74) is 6.91. The fraction of sp³-hybridized carbons (Fsp3) is 0.294. The van der Waals surface area contributed by atoms with Crippen LogP contribution in [0.3, 0.4) is 0 Å². The standard InChI is InChI=1S/C17H20/c1-4-14-10-11-17(12-15(14)5-2)16-8-6-13(3)7-9-16/h6-12H,4-5H2,1-3H3. The third kappa shape index (κ3) is 2.58. The summed E-state index contributed by atoms with van der Waals surface area (Å²) in [7, 11) is 0. The molecule has 0 saturated carbocycles. The topological polar surface area (TPSA) is 0 Å². The van der Waals surface area contributed by atoms with E-state index in [0.29, 0.717) is 0 Å². The molecule has 0 saturated heterocycles. The zero-order valence-electron chi connectivity index (χ0n) is 11.0. The van der Waals surface area contributed by atoms with Gasteiger partial charge in [0, 0.05) is 0 Å². The van der Waals surface area contributed by atoms with E-state index < -0.39 is 0 Å². The molecular weight excluding hydrogens is 204 g/mol. The van der Waals surface area contributed by atoms with Crippen LogP contribution >= 0.6 is 0 Å². The van der Waals surface area contributed by atoms with Gasteiger partial charge < -0.3 is 0 Å². The lowest BCUT2D eigenvalue weighted by molar-refractivity contribution is 1.04. The van der Waals surface area contributed by atoms with Gasteiger partial charge >= 0.3 is 0 Å². The van der Waals surface area contributed by atoms with Crippen LogP contribution in [0, 0.1) is 6.92 Å². The quantitative estimate of drug-likeness (QED) is 0.703. The molecule has 88 valence electrons. The molecule has 0 N–H and O–H groups in total. The van der Waals surface area contributed by atoms with E-state index in [0.717, 1.165) is 12.8 Å². The second kappa shape index (κ2) is 5.18. The Morgan fingerprint density at radius 1 is 0.706 bits per heavy atom. The van der Waals surface area contributed by atoms with Crippen LogP contribution < -0.4 is 0 Å². The minimum absolute atomic E-state index is 1.11. The average molecular weight is 224 g/mol. The monoisotopic (exact) mass is 224 g/mol. The summed E-state index contributed by atoms with van der Waals surface area (Å²) < 4.78 is 0. The van der Waals surface area contributed by atoms with Crippen LogP contribution in [0.5, 0.6) is 0 Å². The Balaban J connectivity index is 2.42. The summed E-state index contributed by atoms with van der Waals surface area (Å²) in [5, 5.41) is 0. The second-order valence-corrected chi connectivity index (χ2v) is 4.56. The maximum atomic E-state index is 2.34. The zero-order chi connectivity index (χ0) is 12.3. The number of benzene rings is 2. The predicted molar refractivity (Wildman–Crippen MR) is 75.4 cm³/mol. The molecule has 0 spiro atoms. The maximum Gasteiger partial charge on any atom is -0.0181 e. The minimum atomic E-state index is 1.11. The van der Waals surface area contributed by atoms with Gasteiger partial charge in [0.15, 0.2) is 0 Å². The molecule has 0 heteroatoms. The second-order valence-electron chi connectivity index (χ2n) is 4.56. The largest absolute Gasteiger partial charge is 0.0613 e. The smallest absolute Gasteiger partial charge is 0.0181 e. The van der Waals surface area contributed by atoms with Gasteiger partial charge in [-0.3, -0.25) is 0 Å². The van der Waals surface area contributed by atoms with Crippen LogP contribution in [0.4, 0.5) is 0 Å². The molecule has 0 fully saturated rings. The Morgan fingerprint density at radius 3 is 1.88 bits per heavy atom. The average Bonchev–Trinajstić information content (AvgIpc) is 2.39. The van der Waals surface area contributed by atoms with Gasteiger partial charge in [-0.15, -0.1) is 0 Å². The molecule has 2 aromatic carbocycles. The normalized spacial score (nSPS) is 10.5. The van der Waals surface area contributed by atoms with E-state index >= 15 is 0 Å². The van der Waals surface area contributed by atoms with E-state index in [1.165, 1.54) is 27.8 Å². The lowest BCUT2D eigenvalue weighted by atomic mass is 9.96. The summed E-state index contributed by atoms with van der Waals surface area (Å²) >= 11 is 0. The third-order valence-corrected chi connectivity index (χ3v) is 3.35. The molecule has 17 heavy (non-hydrogen) atoms. The Kier molecular flexibility index (Phi) is 3.63. The molecule has 0 nitrogen and oxygen atoms in total. The summed E-state index contributed by atoms with van der Waals surface area (Å²) in [5.74, 6) is 0. The van der Waals surface area contributed by atoms with Crippen LogP contribution in [-0.2, 0) is 12.8 Å². The van der Waals surface area contributed by atoms with E-state index in [1.54, 1.807) is 0 Å². The van der Waals surface area contributed by atoms with Crippen molar-refractivity contribution in [3.05, 3.63) is 59.2 Å². The van der Waals surface area contributed by atoms with Crippen LogP contribution in [0.1, 0.15) is 30.5 Å². The Labute approximate surface area is 104 Å². The highest BCUT2D eigenvalue weighted by atomic mass is 14.1. The lowest BCUT2D eigenvalue weighted by Crippen LogP contribution is -1.91. The lowest BCUT2D eigenvalue weighted by Gasteiger charge is -2.09. The van der Waals surface area contributed by atoms with Crippen molar-refractivity contribution in [3.63, 3.8) is 0 Å². The SMILES string of the molecule is CCc1ccc(-c2ccc(C)cc2)cc1CC. The van der Waals surface area contributed by atoms with E-state index in [2.05, 4.69) is 63.2 Å². The zero-order valence-corrected chi connectivity index (χ0v) is 11.0. The summed E-state index contributed by atoms with van der Waals surface area (Å²) in [6, 6.07) is 15.6. The molecule has 2 aromatic rings. The first kappa shape index (κ1) is 11.9. The number of hydrogen-bond acceptors (Lipinski definition) is 0. The fourth-order valence-corrected chi connectivity index (χ4v) is 2.23. The van der Waals surface area contributed by atoms with Crippen molar-refractivity contribution in [1.29, 1.82) is 0 Å². The molecular formula is C17H20. The molecule has 0 heterocycles. The van der Waals surface area contributed by atoms with E-state index in [-0.39, 0.29) is 0 Å². The molecule has 0 aliphatic heterocycles. The Bertz CT molecular complexity index is 492. The summed E-state index contributed by atoms with van der Waals surface area (Å²) in [6.07, 6.45) is 2.24. The molecule has 0 radical (unpaired) electrons. The molecule has 0 bridgehead atoms. The van der Waals surface area contributed by atoms with Crippen molar-refractivity contribution in [2.45, 2.75) is 33.6 Å². The highest BCUT2D eigenvalue weighted by Crippen LogP contribution is 2.23. The molecule has 0 aliphatic rings. The van der Waals surface area contributed by atoms with Gasteiger partial charge in [0.2, 0.25) is 0 Å². The highest BCUT2D eigenvalue weighted by Gasteiger charge is 2.02. The van der Waals surface area contributed by atoms with Crippen molar-refractivity contribution in [1.82, 2.24) is 0 Å². The molecule has 0 unspecified atom stereocenters. The van der Waals surface area contributed by atoms with Crippen LogP contribution in [0.2, 0.25) is 0 Å². The number of rotatable bonds is 3. The van der Waals surface area contributed by atoms with Gasteiger partial charge in [-0.25, -0.2) is 0 Å². The molecule has 2 rings (SSSR count). The minimum Gasteiger partial charge on any atom is -0.0613 e. The first-order chi connectivity index (χ1) is 8.24. The highest BCUT2D eigenvalue weighted by molar-refractivity contribution is 5.65. The first-order valence-electron chi connectivity index (χ1n) is 6.43. The fourth-order valence-electron chi connectivity index (χ4n) is 2.23. The van der Waals surface area contributed by atoms with Crippen LogP contribution in [0.25, 0.3) is 11.1 Å². The van der Waals surface area contributed by atoms with Gasteiger partial charge in [0.05, 0.1) is 0 Å². The Morgan fingerprint density at radius 2 is 1.29 bits per heavy atom. The maximum absolute atomic E-state index is 2.34. The van der Waals surface area contributed by atoms with Crippen LogP contribution in [0.15, 0.2) is 42.5 Å². The van der Waals surface area contributed by atoms with Crippen molar-refractivity contribution >= 4 is 0 Å². The van der Waals surface area contributed by atoms with E-state index in [4.69, 9.17) is 0 Å². The van der Waals surface area contributed by atoms with Crippen molar-refractivity contribution in [3.8, 4) is 11.1 Å². The van der Waals surface area contributed by atoms with Crippen molar-refractivity contribution < 1.29 is 0 Å². The first-order valence-corrected chi connectivity index (χ1v) is 6.43. The van der Waals surface area contributed by atoms with E-state index in [1.807, 2.05) is 0 Å². The molecule has 0 aromatic heterocycles. The van der Waals surface area contributed by atoms with Crippen molar-refractivity contribution in [2.24, 2.45) is 0 Å². The van der Waals surface area contributed by atoms with E-state index in [9.17, 15) is 0 Å². The Hall–Kier alpha value is -1.56. The summed E-state index contributed by atoms with van der Waals surface area (Å²) in [6.45, 7) is 6.58. The van der Waals surface area contributed by atoms with Gasteiger partial charge in [-0.05, 0) is 42.0 Å². The van der Waals surface area contributed by atoms with Crippen LogP contribution in [-0.4, -0.2) is 0 Å². The number of aryl methyl sites for hydroxylation is 3. The van der Waals surface area contributed by atoms with Gasteiger partial charge in [-0.2, -0.15) is 0 Å². The molecule has 0 atom stereocenters. The molecule has 0 amide bonds. The third-order valence-electron chi connectivity index (χ3n) is 3.35. The van der Waals surface area contributed by atoms with Gasteiger partial charge in [0.25, 0.3) is 0 Å². The van der Waals surface area contributed by atoms with Gasteiger partial charge in [-0.1, -0.05) is 61.9 Å². The predicted octanol–water partition coefficient (Wildman–Crippen LogP) is 4.79.